The highest BCUT2D eigenvalue weighted by Gasteiger charge is 2.37. The molecule has 0 aliphatic carbocycles. The molecule has 2 aromatic heterocycles. The minimum Gasteiger partial charge on any atom is -0.356 e. The molecule has 0 radical (unpaired) electrons. The summed E-state index contributed by atoms with van der Waals surface area (Å²) < 4.78 is 0. The van der Waals surface area contributed by atoms with Gasteiger partial charge in [-0.2, -0.15) is 0 Å². The zero-order valence-electron chi connectivity index (χ0n) is 19.8. The first-order valence-corrected chi connectivity index (χ1v) is 12.5. The predicted octanol–water partition coefficient (Wildman–Crippen LogP) is 5.73. The SMILES string of the molecule is CC1c2[nH]c3ccccc3c2C(c2ccccc2Cl)CN1C(=O)CCc1nc2ccccc2c(=O)[nH]1. The van der Waals surface area contributed by atoms with Gasteiger partial charge < -0.3 is 14.9 Å². The van der Waals surface area contributed by atoms with E-state index >= 15 is 0 Å². The molecule has 1 aliphatic rings. The number of carbonyl (C=O) groups is 1. The lowest BCUT2D eigenvalue weighted by Gasteiger charge is -2.39. The number of nitrogens with one attached hydrogen (secondary N) is 2. The molecule has 3 heterocycles. The number of hydrogen-bond donors (Lipinski definition) is 2. The van der Waals surface area contributed by atoms with E-state index in [9.17, 15) is 9.59 Å². The minimum atomic E-state index is -0.184. The van der Waals surface area contributed by atoms with Crippen LogP contribution >= 0.6 is 11.6 Å². The van der Waals surface area contributed by atoms with Crippen LogP contribution in [0.4, 0.5) is 0 Å². The van der Waals surface area contributed by atoms with Gasteiger partial charge in [-0.15, -0.1) is 0 Å². The number of rotatable bonds is 4. The van der Waals surface area contributed by atoms with Gasteiger partial charge >= 0.3 is 0 Å². The van der Waals surface area contributed by atoms with Crippen molar-refractivity contribution in [3.05, 3.63) is 111 Å². The Kier molecular flexibility index (Phi) is 5.61. The Morgan fingerprint density at radius 2 is 1.72 bits per heavy atom. The van der Waals surface area contributed by atoms with Crippen LogP contribution < -0.4 is 5.56 Å². The smallest absolute Gasteiger partial charge is 0.258 e. The summed E-state index contributed by atoms with van der Waals surface area (Å²) in [5, 5.41) is 2.40. The molecule has 36 heavy (non-hydrogen) atoms. The van der Waals surface area contributed by atoms with Crippen molar-refractivity contribution in [3.63, 3.8) is 0 Å². The quantitative estimate of drug-likeness (QED) is 0.333. The van der Waals surface area contributed by atoms with Crippen molar-refractivity contribution in [2.24, 2.45) is 0 Å². The van der Waals surface area contributed by atoms with Crippen molar-refractivity contribution in [2.45, 2.75) is 31.7 Å². The lowest BCUT2D eigenvalue weighted by atomic mass is 9.83. The molecule has 7 heteroatoms. The van der Waals surface area contributed by atoms with E-state index in [1.54, 1.807) is 6.07 Å². The normalized spacial score (nSPS) is 17.4. The van der Waals surface area contributed by atoms with Gasteiger partial charge in [0.05, 0.1) is 16.9 Å². The van der Waals surface area contributed by atoms with Crippen LogP contribution in [0.1, 0.15) is 47.9 Å². The van der Waals surface area contributed by atoms with Crippen molar-refractivity contribution >= 4 is 39.3 Å². The van der Waals surface area contributed by atoms with Gasteiger partial charge in [0.25, 0.3) is 5.56 Å². The molecule has 0 bridgehead atoms. The second-order valence-corrected chi connectivity index (χ2v) is 9.73. The van der Waals surface area contributed by atoms with Gasteiger partial charge in [0, 0.05) is 46.9 Å². The van der Waals surface area contributed by atoms with Crippen LogP contribution in [-0.2, 0) is 11.2 Å². The van der Waals surface area contributed by atoms with Crippen LogP contribution in [0.5, 0.6) is 0 Å². The van der Waals surface area contributed by atoms with E-state index in [4.69, 9.17) is 11.6 Å². The van der Waals surface area contributed by atoms with E-state index in [-0.39, 0.29) is 29.8 Å². The molecule has 0 saturated carbocycles. The largest absolute Gasteiger partial charge is 0.356 e. The third kappa shape index (κ3) is 3.78. The first-order chi connectivity index (χ1) is 17.5. The lowest BCUT2D eigenvalue weighted by Crippen LogP contribution is -2.41. The summed E-state index contributed by atoms with van der Waals surface area (Å²) >= 11 is 6.65. The van der Waals surface area contributed by atoms with Gasteiger partial charge in [0.2, 0.25) is 5.91 Å². The minimum absolute atomic E-state index is 0.0136. The van der Waals surface area contributed by atoms with E-state index in [2.05, 4.69) is 34.0 Å². The fourth-order valence-electron chi connectivity index (χ4n) is 5.44. The number of aromatic nitrogens is 3. The van der Waals surface area contributed by atoms with E-state index in [1.165, 1.54) is 5.56 Å². The maximum Gasteiger partial charge on any atom is 0.258 e. The predicted molar refractivity (Wildman–Crippen MR) is 142 cm³/mol. The summed E-state index contributed by atoms with van der Waals surface area (Å²) in [5.74, 6) is 0.480. The molecule has 5 aromatic rings. The van der Waals surface area contributed by atoms with Gasteiger partial charge in [-0.25, -0.2) is 4.98 Å². The van der Waals surface area contributed by atoms with Crippen LogP contribution in [0.3, 0.4) is 0 Å². The van der Waals surface area contributed by atoms with E-state index in [0.29, 0.717) is 34.7 Å². The molecule has 3 aromatic carbocycles. The lowest BCUT2D eigenvalue weighted by molar-refractivity contribution is -0.134. The standard InChI is InChI=1S/C29H25ClN4O2/c1-17-28-27(19-9-3-6-12-23(19)32-28)21(18-8-2-5-11-22(18)30)16-34(17)26(35)15-14-25-31-24-13-7-4-10-20(24)29(36)33-25/h2-13,17,21,32H,14-16H2,1H3,(H,31,33,36). The summed E-state index contributed by atoms with van der Waals surface area (Å²) in [6.45, 7) is 2.59. The summed E-state index contributed by atoms with van der Waals surface area (Å²) in [7, 11) is 0. The summed E-state index contributed by atoms with van der Waals surface area (Å²) in [6, 6.07) is 23.2. The third-order valence-corrected chi connectivity index (χ3v) is 7.57. The van der Waals surface area contributed by atoms with Crippen LogP contribution in [0, 0.1) is 0 Å². The van der Waals surface area contributed by atoms with E-state index in [0.717, 1.165) is 22.2 Å². The van der Waals surface area contributed by atoms with Crippen LogP contribution in [-0.4, -0.2) is 32.3 Å². The molecule has 0 fully saturated rings. The molecule has 2 N–H and O–H groups in total. The maximum absolute atomic E-state index is 13.6. The van der Waals surface area contributed by atoms with Crippen molar-refractivity contribution in [2.75, 3.05) is 6.54 Å². The van der Waals surface area contributed by atoms with Gasteiger partial charge in [-0.1, -0.05) is 60.1 Å². The Bertz CT molecular complexity index is 1670. The number of aromatic amines is 2. The van der Waals surface area contributed by atoms with Gasteiger partial charge in [0.1, 0.15) is 5.82 Å². The Balaban J connectivity index is 1.34. The van der Waals surface area contributed by atoms with E-state index < -0.39 is 0 Å². The highest BCUT2D eigenvalue weighted by Crippen LogP contribution is 2.44. The Morgan fingerprint density at radius 3 is 2.56 bits per heavy atom. The molecule has 180 valence electrons. The fourth-order valence-corrected chi connectivity index (χ4v) is 5.71. The Morgan fingerprint density at radius 1 is 1.00 bits per heavy atom. The topological polar surface area (TPSA) is 81.8 Å². The first kappa shape index (κ1) is 22.6. The second-order valence-electron chi connectivity index (χ2n) is 9.32. The highest BCUT2D eigenvalue weighted by molar-refractivity contribution is 6.31. The third-order valence-electron chi connectivity index (χ3n) is 7.23. The molecule has 6 nitrogen and oxygen atoms in total. The number of nitrogens with zero attached hydrogens (tertiary/aromatic N) is 2. The van der Waals surface area contributed by atoms with Crippen molar-refractivity contribution < 1.29 is 4.79 Å². The number of hydrogen-bond acceptors (Lipinski definition) is 3. The monoisotopic (exact) mass is 496 g/mol. The molecule has 0 spiro atoms. The summed E-state index contributed by atoms with van der Waals surface area (Å²) in [4.78, 5) is 38.9. The Labute approximate surface area is 212 Å². The average Bonchev–Trinajstić information content (AvgIpc) is 3.29. The number of fused-ring (bicyclic) bond motifs is 4. The average molecular weight is 497 g/mol. The number of para-hydroxylation sites is 2. The van der Waals surface area contributed by atoms with Crippen LogP contribution in [0.25, 0.3) is 21.8 Å². The van der Waals surface area contributed by atoms with Gasteiger partial charge in [-0.05, 0) is 42.3 Å². The molecular weight excluding hydrogens is 472 g/mol. The molecule has 1 aliphatic heterocycles. The number of halogens is 1. The number of aryl methyl sites for hydroxylation is 1. The molecule has 0 saturated heterocycles. The molecular formula is C29H25ClN4O2. The number of benzene rings is 3. The Hall–Kier alpha value is -3.90. The molecule has 6 rings (SSSR count). The summed E-state index contributed by atoms with van der Waals surface area (Å²) in [5.41, 5.74) is 4.76. The molecule has 2 unspecified atom stereocenters. The second kappa shape index (κ2) is 8.95. The van der Waals surface area contributed by atoms with Crippen molar-refractivity contribution in [1.82, 2.24) is 19.9 Å². The van der Waals surface area contributed by atoms with Crippen LogP contribution in [0.2, 0.25) is 5.02 Å². The summed E-state index contributed by atoms with van der Waals surface area (Å²) in [6.07, 6.45) is 0.606. The van der Waals surface area contributed by atoms with Gasteiger partial charge in [0.15, 0.2) is 0 Å². The van der Waals surface area contributed by atoms with Crippen LogP contribution in [0.15, 0.2) is 77.6 Å². The maximum atomic E-state index is 13.6. The zero-order chi connectivity index (χ0) is 24.8. The van der Waals surface area contributed by atoms with Gasteiger partial charge in [-0.3, -0.25) is 9.59 Å². The van der Waals surface area contributed by atoms with E-state index in [1.807, 2.05) is 59.5 Å². The van der Waals surface area contributed by atoms with Crippen molar-refractivity contribution in [3.8, 4) is 0 Å². The number of H-pyrrole nitrogens is 2. The van der Waals surface area contributed by atoms with Crippen molar-refractivity contribution in [1.29, 1.82) is 0 Å². The number of amides is 1. The molecule has 1 amide bonds. The fraction of sp³-hybridized carbons (Fsp3) is 0.207. The zero-order valence-corrected chi connectivity index (χ0v) is 20.5. The molecule has 2 atom stereocenters. The first-order valence-electron chi connectivity index (χ1n) is 12.1. The number of carbonyl (C=O) groups excluding carboxylic acids is 1. The highest BCUT2D eigenvalue weighted by atomic mass is 35.5.